The normalized spacial score (nSPS) is 11.2. The first-order valence-electron chi connectivity index (χ1n) is 8.50. The molecule has 0 spiro atoms. The second kappa shape index (κ2) is 17.4. The summed E-state index contributed by atoms with van der Waals surface area (Å²) < 4.78 is 0. The molecule has 0 aromatic carbocycles. The van der Waals surface area contributed by atoms with Gasteiger partial charge in [-0.05, 0) is 32.1 Å². The number of rotatable bonds is 15. The van der Waals surface area contributed by atoms with Gasteiger partial charge in [0.2, 0.25) is 0 Å². The first-order chi connectivity index (χ1) is 9.41. The van der Waals surface area contributed by atoms with Gasteiger partial charge in [0.25, 0.3) is 0 Å². The molecule has 0 radical (unpaired) electrons. The number of hydrogen-bond donors (Lipinski definition) is 0. The van der Waals surface area contributed by atoms with Crippen molar-refractivity contribution in [1.29, 1.82) is 0 Å². The number of carbonyl (C=O) groups excluding carboxylic acids is 1. The Labute approximate surface area is 120 Å². The molecule has 0 amide bonds. The molecule has 1 nitrogen and oxygen atoms in total. The van der Waals surface area contributed by atoms with Crippen molar-refractivity contribution in [2.24, 2.45) is 0 Å². The maximum absolute atomic E-state index is 10.1. The second-order valence-electron chi connectivity index (χ2n) is 5.54. The monoisotopic (exact) mass is 266 g/mol. The Kier molecular flexibility index (Phi) is 16.9. The maximum atomic E-state index is 10.1. The van der Waals surface area contributed by atoms with E-state index in [0.717, 1.165) is 19.1 Å². The second-order valence-corrected chi connectivity index (χ2v) is 5.54. The van der Waals surface area contributed by atoms with Crippen LogP contribution in [0.25, 0.3) is 0 Å². The van der Waals surface area contributed by atoms with Gasteiger partial charge < -0.3 is 4.79 Å². The van der Waals surface area contributed by atoms with Gasteiger partial charge >= 0.3 is 0 Å². The van der Waals surface area contributed by atoms with Crippen molar-refractivity contribution in [3.05, 3.63) is 12.2 Å². The summed E-state index contributed by atoms with van der Waals surface area (Å²) in [7, 11) is 0. The van der Waals surface area contributed by atoms with E-state index in [-0.39, 0.29) is 0 Å². The number of hydrogen-bond acceptors (Lipinski definition) is 1. The molecule has 1 heteroatoms. The van der Waals surface area contributed by atoms with Crippen LogP contribution >= 0.6 is 0 Å². The Morgan fingerprint density at radius 2 is 1.00 bits per heavy atom. The molecular weight excluding hydrogens is 232 g/mol. The van der Waals surface area contributed by atoms with E-state index in [1.165, 1.54) is 77.0 Å². The largest absolute Gasteiger partial charge is 0.303 e. The van der Waals surface area contributed by atoms with Gasteiger partial charge in [0.1, 0.15) is 6.29 Å². The third kappa shape index (κ3) is 17.4. The fraction of sp³-hybridized carbons (Fsp3) is 0.833. The fourth-order valence-electron chi connectivity index (χ4n) is 2.30. The minimum Gasteiger partial charge on any atom is -0.303 e. The summed E-state index contributed by atoms with van der Waals surface area (Å²) in [5.41, 5.74) is 0. The summed E-state index contributed by atoms with van der Waals surface area (Å²) in [6.45, 7) is 2.27. The van der Waals surface area contributed by atoms with Crippen LogP contribution in [0.5, 0.6) is 0 Å². The van der Waals surface area contributed by atoms with Gasteiger partial charge in [-0.1, -0.05) is 70.4 Å². The van der Waals surface area contributed by atoms with Gasteiger partial charge in [0, 0.05) is 6.42 Å². The maximum Gasteiger partial charge on any atom is 0.119 e. The van der Waals surface area contributed by atoms with E-state index in [0.29, 0.717) is 0 Å². The minimum atomic E-state index is 0.738. The molecule has 0 bridgehead atoms. The summed E-state index contributed by atoms with van der Waals surface area (Å²) in [5.74, 6) is 0. The van der Waals surface area contributed by atoms with Crippen LogP contribution in [0.15, 0.2) is 12.2 Å². The predicted molar refractivity (Wildman–Crippen MR) is 85.5 cm³/mol. The van der Waals surface area contributed by atoms with Crippen molar-refractivity contribution in [2.45, 2.75) is 96.8 Å². The highest BCUT2D eigenvalue weighted by Crippen LogP contribution is 2.10. The Balaban J connectivity index is 3.02. The van der Waals surface area contributed by atoms with Crippen LogP contribution in [-0.2, 0) is 4.79 Å². The summed E-state index contributed by atoms with van der Waals surface area (Å²) >= 11 is 0. The van der Waals surface area contributed by atoms with E-state index in [2.05, 4.69) is 19.1 Å². The summed E-state index contributed by atoms with van der Waals surface area (Å²) in [6.07, 6.45) is 23.6. The highest BCUT2D eigenvalue weighted by molar-refractivity contribution is 5.48. The quantitative estimate of drug-likeness (QED) is 0.195. The summed E-state index contributed by atoms with van der Waals surface area (Å²) in [6, 6.07) is 0. The van der Waals surface area contributed by atoms with Gasteiger partial charge in [-0.3, -0.25) is 0 Å². The lowest BCUT2D eigenvalue weighted by atomic mass is 10.1. The summed E-state index contributed by atoms with van der Waals surface area (Å²) in [5, 5.41) is 0. The minimum absolute atomic E-state index is 0.738. The molecular formula is C18H34O. The van der Waals surface area contributed by atoms with Gasteiger partial charge in [-0.15, -0.1) is 0 Å². The fourth-order valence-corrected chi connectivity index (χ4v) is 2.30. The molecule has 0 saturated heterocycles. The lowest BCUT2D eigenvalue weighted by Gasteiger charge is -1.99. The van der Waals surface area contributed by atoms with E-state index >= 15 is 0 Å². The SMILES string of the molecule is CCCCCCCCCC/C=C\CCCCCC=O. The predicted octanol–water partition coefficient (Wildman–Crippen LogP) is 6.22. The molecule has 0 aromatic rings. The summed E-state index contributed by atoms with van der Waals surface area (Å²) in [4.78, 5) is 10.1. The number of carbonyl (C=O) groups is 1. The van der Waals surface area contributed by atoms with Gasteiger partial charge in [-0.2, -0.15) is 0 Å². The van der Waals surface area contributed by atoms with Crippen LogP contribution in [-0.4, -0.2) is 6.29 Å². The number of aldehydes is 1. The molecule has 19 heavy (non-hydrogen) atoms. The average Bonchev–Trinajstić information content (AvgIpc) is 2.43. The lowest BCUT2D eigenvalue weighted by molar-refractivity contribution is -0.107. The molecule has 112 valence electrons. The first kappa shape index (κ1) is 18.4. The van der Waals surface area contributed by atoms with Gasteiger partial charge in [0.05, 0.1) is 0 Å². The van der Waals surface area contributed by atoms with E-state index < -0.39 is 0 Å². The lowest BCUT2D eigenvalue weighted by Crippen LogP contribution is -1.80. The molecule has 0 aliphatic heterocycles. The highest BCUT2D eigenvalue weighted by atomic mass is 16.1. The van der Waals surface area contributed by atoms with Crippen LogP contribution in [0.4, 0.5) is 0 Å². The zero-order valence-corrected chi connectivity index (χ0v) is 13.0. The standard InChI is InChI=1S/C18H34O/c1-2-3-4-5-6-7-8-9-10-11-12-13-14-15-16-17-18-19/h11-12,18H,2-10,13-17H2,1H3/b12-11-. The third-order valence-corrected chi connectivity index (χ3v) is 3.58. The highest BCUT2D eigenvalue weighted by Gasteiger charge is 1.90. The smallest absolute Gasteiger partial charge is 0.119 e. The van der Waals surface area contributed by atoms with E-state index in [1.54, 1.807) is 0 Å². The zero-order valence-electron chi connectivity index (χ0n) is 13.0. The number of allylic oxidation sites excluding steroid dienone is 2. The van der Waals surface area contributed by atoms with Gasteiger partial charge in [-0.25, -0.2) is 0 Å². The third-order valence-electron chi connectivity index (χ3n) is 3.58. The molecule has 0 heterocycles. The van der Waals surface area contributed by atoms with Crippen molar-refractivity contribution in [3.8, 4) is 0 Å². The van der Waals surface area contributed by atoms with E-state index in [1.807, 2.05) is 0 Å². The Bertz CT molecular complexity index is 196. The van der Waals surface area contributed by atoms with Crippen LogP contribution in [0.1, 0.15) is 96.8 Å². The van der Waals surface area contributed by atoms with Crippen LogP contribution in [0.2, 0.25) is 0 Å². The van der Waals surface area contributed by atoms with Crippen molar-refractivity contribution >= 4 is 6.29 Å². The van der Waals surface area contributed by atoms with E-state index in [9.17, 15) is 4.79 Å². The molecule has 0 saturated carbocycles. The van der Waals surface area contributed by atoms with Crippen LogP contribution in [0.3, 0.4) is 0 Å². The van der Waals surface area contributed by atoms with Crippen LogP contribution < -0.4 is 0 Å². The van der Waals surface area contributed by atoms with Crippen molar-refractivity contribution in [3.63, 3.8) is 0 Å². The topological polar surface area (TPSA) is 17.1 Å². The Morgan fingerprint density at radius 1 is 0.579 bits per heavy atom. The zero-order chi connectivity index (χ0) is 14.0. The average molecular weight is 266 g/mol. The van der Waals surface area contributed by atoms with Crippen LogP contribution in [0, 0.1) is 0 Å². The molecule has 0 aliphatic rings. The molecule has 0 aliphatic carbocycles. The molecule has 0 rings (SSSR count). The molecule has 0 atom stereocenters. The van der Waals surface area contributed by atoms with Crippen molar-refractivity contribution in [2.75, 3.05) is 0 Å². The van der Waals surface area contributed by atoms with Crippen molar-refractivity contribution < 1.29 is 4.79 Å². The molecule has 0 fully saturated rings. The van der Waals surface area contributed by atoms with E-state index in [4.69, 9.17) is 0 Å². The number of unbranched alkanes of at least 4 members (excludes halogenated alkanes) is 12. The molecule has 0 aromatic heterocycles. The Morgan fingerprint density at radius 3 is 1.53 bits per heavy atom. The van der Waals surface area contributed by atoms with Gasteiger partial charge in [0.15, 0.2) is 0 Å². The van der Waals surface area contributed by atoms with Crippen molar-refractivity contribution in [1.82, 2.24) is 0 Å². The molecule has 0 unspecified atom stereocenters. The Hall–Kier alpha value is -0.590. The first-order valence-corrected chi connectivity index (χ1v) is 8.50. The molecule has 0 N–H and O–H groups in total.